The fraction of sp³-hybridized carbons (Fsp3) is 0.588. The van der Waals surface area contributed by atoms with Crippen LogP contribution in [0.2, 0.25) is 0 Å². The molecule has 2 heterocycles. The number of benzene rings is 1. The Morgan fingerprint density at radius 1 is 1.17 bits per heavy atom. The highest BCUT2D eigenvalue weighted by molar-refractivity contribution is 5.82. The van der Waals surface area contributed by atoms with E-state index in [1.165, 1.54) is 14.2 Å². The zero-order valence-electron chi connectivity index (χ0n) is 13.9. The Morgan fingerprint density at radius 3 is 2.52 bits per heavy atom. The Labute approximate surface area is 135 Å². The SMILES string of the molecule is CCC[C@H]1C[C@H]2C(=O)Oc3c(cc(OC)c(OC)c3OC)[C@H]2O1. The molecule has 3 rings (SSSR count). The van der Waals surface area contributed by atoms with Crippen molar-refractivity contribution in [3.05, 3.63) is 11.6 Å². The number of hydrogen-bond donors (Lipinski definition) is 0. The van der Waals surface area contributed by atoms with Crippen molar-refractivity contribution in [3.63, 3.8) is 0 Å². The van der Waals surface area contributed by atoms with E-state index >= 15 is 0 Å². The molecule has 1 fully saturated rings. The summed E-state index contributed by atoms with van der Waals surface area (Å²) in [7, 11) is 4.59. The molecule has 126 valence electrons. The number of carbonyl (C=O) groups excluding carboxylic acids is 1. The predicted molar refractivity (Wildman–Crippen MR) is 82.4 cm³/mol. The van der Waals surface area contributed by atoms with Crippen molar-refractivity contribution in [1.29, 1.82) is 0 Å². The third-order valence-electron chi connectivity index (χ3n) is 4.46. The van der Waals surface area contributed by atoms with Gasteiger partial charge in [-0.15, -0.1) is 0 Å². The molecule has 0 aliphatic carbocycles. The van der Waals surface area contributed by atoms with Gasteiger partial charge in [-0.1, -0.05) is 13.3 Å². The number of ether oxygens (including phenoxy) is 5. The van der Waals surface area contributed by atoms with Crippen LogP contribution in [0.4, 0.5) is 0 Å². The van der Waals surface area contributed by atoms with Crippen molar-refractivity contribution < 1.29 is 28.5 Å². The standard InChI is InChI=1S/C17H22O6/c1-5-6-9-7-11-13(22-9)10-8-12(19-2)15(20-3)16(21-4)14(10)23-17(11)18/h8-9,11,13H,5-7H2,1-4H3/t9-,11+,13+/m0/s1. The topological polar surface area (TPSA) is 63.2 Å². The maximum absolute atomic E-state index is 12.4. The highest BCUT2D eigenvalue weighted by atomic mass is 16.6. The molecule has 0 aromatic heterocycles. The molecule has 2 aliphatic heterocycles. The van der Waals surface area contributed by atoms with Crippen molar-refractivity contribution >= 4 is 5.97 Å². The molecular formula is C17H22O6. The van der Waals surface area contributed by atoms with Crippen molar-refractivity contribution in [1.82, 2.24) is 0 Å². The van der Waals surface area contributed by atoms with Crippen molar-refractivity contribution in [2.75, 3.05) is 21.3 Å². The normalized spacial score (nSPS) is 25.4. The van der Waals surface area contributed by atoms with Crippen molar-refractivity contribution in [3.8, 4) is 23.0 Å². The van der Waals surface area contributed by atoms with E-state index in [1.54, 1.807) is 7.11 Å². The van der Waals surface area contributed by atoms with Gasteiger partial charge in [-0.25, -0.2) is 0 Å². The molecule has 0 unspecified atom stereocenters. The van der Waals surface area contributed by atoms with Crippen LogP contribution in [-0.2, 0) is 9.53 Å². The highest BCUT2D eigenvalue weighted by Crippen LogP contribution is 2.55. The number of methoxy groups -OCH3 is 3. The number of fused-ring (bicyclic) bond motifs is 3. The third-order valence-corrected chi connectivity index (χ3v) is 4.46. The van der Waals surface area contributed by atoms with Crippen LogP contribution in [0.1, 0.15) is 37.9 Å². The summed E-state index contributed by atoms with van der Waals surface area (Å²) in [4.78, 5) is 12.4. The number of carbonyl (C=O) groups is 1. The molecular weight excluding hydrogens is 300 g/mol. The smallest absolute Gasteiger partial charge is 0.317 e. The molecule has 3 atom stereocenters. The first-order valence-corrected chi connectivity index (χ1v) is 7.84. The van der Waals surface area contributed by atoms with Crippen molar-refractivity contribution in [2.24, 2.45) is 5.92 Å². The molecule has 0 bridgehead atoms. The summed E-state index contributed by atoms with van der Waals surface area (Å²) < 4.78 is 27.8. The molecule has 1 saturated heterocycles. The van der Waals surface area contributed by atoms with Gasteiger partial charge >= 0.3 is 5.97 Å². The largest absolute Gasteiger partial charge is 0.493 e. The summed E-state index contributed by atoms with van der Waals surface area (Å²) in [5.41, 5.74) is 0.780. The number of hydrogen-bond acceptors (Lipinski definition) is 6. The summed E-state index contributed by atoms with van der Waals surface area (Å²) in [6, 6.07) is 1.81. The minimum absolute atomic E-state index is 0.0765. The first-order chi connectivity index (χ1) is 11.1. The average Bonchev–Trinajstić information content (AvgIpc) is 2.98. The molecule has 6 nitrogen and oxygen atoms in total. The zero-order valence-corrected chi connectivity index (χ0v) is 13.9. The van der Waals surface area contributed by atoms with Gasteiger partial charge in [0.1, 0.15) is 6.10 Å². The van der Waals surface area contributed by atoms with E-state index in [-0.39, 0.29) is 24.1 Å². The highest BCUT2D eigenvalue weighted by Gasteiger charge is 2.47. The summed E-state index contributed by atoms with van der Waals surface area (Å²) >= 11 is 0. The lowest BCUT2D eigenvalue weighted by Crippen LogP contribution is -2.29. The van der Waals surface area contributed by atoms with Gasteiger partial charge in [-0.3, -0.25) is 4.79 Å². The third kappa shape index (κ3) is 2.51. The van der Waals surface area contributed by atoms with E-state index in [1.807, 2.05) is 6.07 Å². The number of rotatable bonds is 5. The van der Waals surface area contributed by atoms with Crippen LogP contribution >= 0.6 is 0 Å². The van der Waals surface area contributed by atoms with Gasteiger partial charge in [0, 0.05) is 5.56 Å². The minimum Gasteiger partial charge on any atom is -0.493 e. The Morgan fingerprint density at radius 2 is 1.91 bits per heavy atom. The van der Waals surface area contributed by atoms with Gasteiger partial charge in [0.05, 0.1) is 33.4 Å². The maximum Gasteiger partial charge on any atom is 0.317 e. The lowest BCUT2D eigenvalue weighted by atomic mass is 9.90. The van der Waals surface area contributed by atoms with Crippen LogP contribution < -0.4 is 18.9 Å². The lowest BCUT2D eigenvalue weighted by Gasteiger charge is -2.28. The van der Waals surface area contributed by atoms with Crippen molar-refractivity contribution in [2.45, 2.75) is 38.4 Å². The summed E-state index contributed by atoms with van der Waals surface area (Å²) in [6.07, 6.45) is 2.39. The summed E-state index contributed by atoms with van der Waals surface area (Å²) in [6.45, 7) is 2.11. The monoisotopic (exact) mass is 322 g/mol. The van der Waals surface area contributed by atoms with Crippen LogP contribution in [0.25, 0.3) is 0 Å². The van der Waals surface area contributed by atoms with Crippen LogP contribution in [0, 0.1) is 5.92 Å². The van der Waals surface area contributed by atoms with E-state index in [9.17, 15) is 4.79 Å². The molecule has 0 saturated carbocycles. The van der Waals surface area contributed by atoms with Gasteiger partial charge in [-0.2, -0.15) is 0 Å². The molecule has 23 heavy (non-hydrogen) atoms. The first kappa shape index (κ1) is 15.9. The van der Waals surface area contributed by atoms with Crippen LogP contribution in [0.15, 0.2) is 6.07 Å². The molecule has 6 heteroatoms. The van der Waals surface area contributed by atoms with Gasteiger partial charge in [-0.05, 0) is 18.9 Å². The van der Waals surface area contributed by atoms with Crippen LogP contribution in [-0.4, -0.2) is 33.4 Å². The first-order valence-electron chi connectivity index (χ1n) is 7.84. The number of esters is 1. The summed E-state index contributed by atoms with van der Waals surface area (Å²) in [5.74, 6) is 1.11. The molecule has 1 aromatic rings. The zero-order chi connectivity index (χ0) is 16.6. The van der Waals surface area contributed by atoms with Crippen LogP contribution in [0.3, 0.4) is 0 Å². The fourth-order valence-corrected chi connectivity index (χ4v) is 3.42. The minimum atomic E-state index is -0.323. The Hall–Kier alpha value is -1.95. The predicted octanol–water partition coefficient (Wildman–Crippen LogP) is 2.88. The van der Waals surface area contributed by atoms with Gasteiger partial charge in [0.25, 0.3) is 0 Å². The van der Waals surface area contributed by atoms with E-state index in [0.717, 1.165) is 18.4 Å². The molecule has 0 spiro atoms. The Bertz CT molecular complexity index is 612. The molecule has 1 aromatic carbocycles. The summed E-state index contributed by atoms with van der Waals surface area (Å²) in [5, 5.41) is 0. The fourth-order valence-electron chi connectivity index (χ4n) is 3.42. The van der Waals surface area contributed by atoms with E-state index in [0.29, 0.717) is 29.4 Å². The van der Waals surface area contributed by atoms with E-state index < -0.39 is 0 Å². The second-order valence-electron chi connectivity index (χ2n) is 5.79. The second kappa shape index (κ2) is 6.28. The van der Waals surface area contributed by atoms with Gasteiger partial charge in [0.2, 0.25) is 11.5 Å². The van der Waals surface area contributed by atoms with E-state index in [2.05, 4.69) is 6.92 Å². The van der Waals surface area contributed by atoms with Gasteiger partial charge in [0.15, 0.2) is 11.5 Å². The molecule has 0 amide bonds. The molecule has 0 N–H and O–H groups in total. The lowest BCUT2D eigenvalue weighted by molar-refractivity contribution is -0.143. The molecule has 2 aliphatic rings. The van der Waals surface area contributed by atoms with Crippen LogP contribution in [0.5, 0.6) is 23.0 Å². The average molecular weight is 322 g/mol. The van der Waals surface area contributed by atoms with E-state index in [4.69, 9.17) is 23.7 Å². The Balaban J connectivity index is 2.09. The Kier molecular flexibility index (Phi) is 4.35. The molecule has 0 radical (unpaired) electrons. The quantitative estimate of drug-likeness (QED) is 0.613. The second-order valence-corrected chi connectivity index (χ2v) is 5.79. The maximum atomic E-state index is 12.4. The van der Waals surface area contributed by atoms with Gasteiger partial charge < -0.3 is 23.7 Å².